The fourth-order valence-electron chi connectivity index (χ4n) is 6.19. The average Bonchev–Trinajstić information content (AvgIpc) is 3.96. The highest BCUT2D eigenvalue weighted by molar-refractivity contribution is 7.84. The van der Waals surface area contributed by atoms with Gasteiger partial charge in [-0.2, -0.15) is 23.1 Å². The maximum atomic E-state index is 16.3. The van der Waals surface area contributed by atoms with Gasteiger partial charge in [0.1, 0.15) is 30.9 Å². The Labute approximate surface area is 307 Å². The van der Waals surface area contributed by atoms with Crippen LogP contribution in [0.1, 0.15) is 35.7 Å². The van der Waals surface area contributed by atoms with E-state index in [1.165, 1.54) is 17.2 Å². The summed E-state index contributed by atoms with van der Waals surface area (Å²) in [6.07, 6.45) is -6.27. The molecule has 3 aliphatic rings. The molecule has 1 amide bonds. The van der Waals surface area contributed by atoms with Crippen LogP contribution in [0.15, 0.2) is 54.1 Å². The zero-order valence-corrected chi connectivity index (χ0v) is 29.7. The number of nitrogens with zero attached hydrogens (tertiary/aromatic N) is 9. The van der Waals surface area contributed by atoms with Crippen LogP contribution in [0.2, 0.25) is 0 Å². The van der Waals surface area contributed by atoms with Crippen LogP contribution in [0.25, 0.3) is 22.3 Å². The number of aromatic nitrogens is 9. The molecule has 55 heavy (non-hydrogen) atoms. The van der Waals surface area contributed by atoms with Crippen LogP contribution in [0.5, 0.6) is 0 Å². The molecule has 3 aliphatic heterocycles. The summed E-state index contributed by atoms with van der Waals surface area (Å²) in [6, 6.07) is 9.16. The summed E-state index contributed by atoms with van der Waals surface area (Å²) in [7, 11) is -9.42. The molecule has 3 saturated heterocycles. The van der Waals surface area contributed by atoms with Crippen molar-refractivity contribution in [1.29, 1.82) is 5.26 Å². The third-order valence-corrected chi connectivity index (χ3v) is 11.2. The number of nitrogens with one attached hydrogen (secondary N) is 3. The molecular weight excluding hydrogens is 774 g/mol. The van der Waals surface area contributed by atoms with Gasteiger partial charge in [-0.15, -0.1) is 5.10 Å². The van der Waals surface area contributed by atoms with Gasteiger partial charge in [0.15, 0.2) is 40.5 Å². The van der Waals surface area contributed by atoms with E-state index in [0.717, 1.165) is 11.0 Å². The van der Waals surface area contributed by atoms with Crippen molar-refractivity contribution in [3.05, 3.63) is 65.2 Å². The Morgan fingerprint density at radius 3 is 2.76 bits per heavy atom. The van der Waals surface area contributed by atoms with E-state index in [2.05, 4.69) is 45.3 Å². The summed E-state index contributed by atoms with van der Waals surface area (Å²) in [5.74, 6) is -0.333. The Kier molecular flexibility index (Phi) is 9.92. The first kappa shape index (κ1) is 36.8. The van der Waals surface area contributed by atoms with Gasteiger partial charge in [-0.3, -0.25) is 31.9 Å². The number of phosphoric ester groups is 1. The lowest BCUT2D eigenvalue weighted by atomic mass is 10.1. The number of anilines is 1. The second-order valence-electron chi connectivity index (χ2n) is 12.2. The molecular formula is C29H28FN12O11PS. The summed E-state index contributed by atoms with van der Waals surface area (Å²) in [5.41, 5.74) is -0.263. The van der Waals surface area contributed by atoms with E-state index in [9.17, 15) is 22.6 Å². The number of benzene rings is 1. The fraction of sp³-hybridized carbons (Fsp3) is 0.414. The van der Waals surface area contributed by atoms with E-state index in [1.807, 2.05) is 6.07 Å². The molecule has 1 unspecified atom stereocenters. The van der Waals surface area contributed by atoms with Crippen molar-refractivity contribution in [2.75, 3.05) is 25.1 Å². The zero-order valence-electron chi connectivity index (χ0n) is 27.9. The SMILES string of the molecule is N#CCCOP1(=O)OC[C@H]2O[C@@H](n3cnc4c(NC(=O)c5ccccc5)ncnc43)C[C@@H]2NS(=O)(=O)OC[C@H]2O[C@@H](n3nnc4c(=O)[nH]cnc43)[C@H](F)[C@@H]2O1. The number of ether oxygens (including phenoxy) is 2. The highest BCUT2D eigenvalue weighted by Crippen LogP contribution is 2.54. The van der Waals surface area contributed by atoms with E-state index in [4.69, 9.17) is 32.5 Å². The van der Waals surface area contributed by atoms with Crippen molar-refractivity contribution in [1.82, 2.24) is 49.2 Å². The smallest absolute Gasteiger partial charge is 0.351 e. The number of hydrogen-bond acceptors (Lipinski definition) is 18. The predicted octanol–water partition coefficient (Wildman–Crippen LogP) is 0.803. The molecule has 26 heteroatoms. The normalized spacial score (nSPS) is 29.5. The van der Waals surface area contributed by atoms with Crippen molar-refractivity contribution in [3.63, 3.8) is 0 Å². The molecule has 8 rings (SSSR count). The highest BCUT2D eigenvalue weighted by atomic mass is 32.2. The maximum Gasteiger partial charge on any atom is 0.475 e. The third-order valence-electron chi connectivity index (χ3n) is 8.74. The number of amides is 1. The van der Waals surface area contributed by atoms with E-state index in [0.29, 0.717) is 5.56 Å². The zero-order chi connectivity index (χ0) is 38.3. The summed E-state index contributed by atoms with van der Waals surface area (Å²) < 4.78 is 95.6. The van der Waals surface area contributed by atoms with Crippen LogP contribution in [-0.4, -0.2) is 109 Å². The van der Waals surface area contributed by atoms with Gasteiger partial charge >= 0.3 is 18.1 Å². The van der Waals surface area contributed by atoms with E-state index in [1.54, 1.807) is 30.3 Å². The lowest BCUT2D eigenvalue weighted by Gasteiger charge is -2.28. The molecule has 288 valence electrons. The largest absolute Gasteiger partial charge is 0.475 e. The van der Waals surface area contributed by atoms with Gasteiger partial charge in [0.25, 0.3) is 11.5 Å². The highest BCUT2D eigenvalue weighted by Gasteiger charge is 2.53. The second kappa shape index (κ2) is 14.8. The minimum absolute atomic E-state index is 0.0685. The first-order valence-electron chi connectivity index (χ1n) is 16.4. The van der Waals surface area contributed by atoms with Crippen LogP contribution in [-0.2, 0) is 42.1 Å². The summed E-state index contributed by atoms with van der Waals surface area (Å²) in [6.45, 7) is -1.94. The minimum Gasteiger partial charge on any atom is -0.351 e. The molecule has 5 aromatic rings. The predicted molar refractivity (Wildman–Crippen MR) is 179 cm³/mol. The van der Waals surface area contributed by atoms with Crippen LogP contribution >= 0.6 is 7.82 Å². The summed E-state index contributed by atoms with van der Waals surface area (Å²) in [5, 5.41) is 19.3. The van der Waals surface area contributed by atoms with Crippen LogP contribution in [0.3, 0.4) is 0 Å². The van der Waals surface area contributed by atoms with E-state index < -0.39 is 92.4 Å². The molecule has 0 saturated carbocycles. The van der Waals surface area contributed by atoms with Crippen molar-refractivity contribution in [2.45, 2.75) is 55.8 Å². The molecule has 3 fully saturated rings. The number of phosphoric acid groups is 1. The molecule has 0 spiro atoms. The Hall–Kier alpha value is -5.16. The van der Waals surface area contributed by atoms with Crippen molar-refractivity contribution >= 4 is 52.2 Å². The van der Waals surface area contributed by atoms with Gasteiger partial charge < -0.3 is 19.8 Å². The maximum absolute atomic E-state index is 16.3. The lowest BCUT2D eigenvalue weighted by Crippen LogP contribution is -2.45. The van der Waals surface area contributed by atoms with Crippen molar-refractivity contribution in [3.8, 4) is 6.07 Å². The van der Waals surface area contributed by atoms with Gasteiger partial charge in [-0.25, -0.2) is 28.9 Å². The number of nitriles is 1. The first-order valence-corrected chi connectivity index (χ1v) is 19.3. The summed E-state index contributed by atoms with van der Waals surface area (Å²) >= 11 is 0. The van der Waals surface area contributed by atoms with E-state index in [-0.39, 0.29) is 41.0 Å². The standard InChI is InChI=1S/C29H28FN12O11PS/c30-20-23-18(52-29(20)42-26-22(38-40-42)28(44)35-13-34-26)11-50-55(46,47)39-16-9-19(51-17(16)10-49-54(45,53-23)48-8-4-7-31)41-14-36-21-24(32-12-33-25(21)41)37-27(43)15-5-2-1-3-6-15/h1-3,5-6,12-14,16-20,23,29,39H,4,8-11H2,(H,34,35,44)(H,32,33,37,43)/t16-,17+,18+,19+,20+,23+,29+,54?/m0/s1. The van der Waals surface area contributed by atoms with Crippen LogP contribution in [0.4, 0.5) is 10.2 Å². The number of halogens is 1. The number of aromatic amines is 1. The van der Waals surface area contributed by atoms with Gasteiger partial charge in [-0.05, 0) is 12.1 Å². The molecule has 0 radical (unpaired) electrons. The Morgan fingerprint density at radius 2 is 1.95 bits per heavy atom. The van der Waals surface area contributed by atoms with Gasteiger partial charge in [-0.1, -0.05) is 23.4 Å². The van der Waals surface area contributed by atoms with E-state index >= 15 is 4.39 Å². The van der Waals surface area contributed by atoms with Gasteiger partial charge in [0.05, 0.1) is 51.0 Å². The Bertz CT molecular complexity index is 2500. The van der Waals surface area contributed by atoms with Crippen LogP contribution < -0.4 is 15.6 Å². The minimum atomic E-state index is -4.79. The topological polar surface area (TPSA) is 292 Å². The lowest BCUT2D eigenvalue weighted by molar-refractivity contribution is -0.0529. The quantitative estimate of drug-likeness (QED) is 0.151. The fourth-order valence-corrected chi connectivity index (χ4v) is 8.58. The summed E-state index contributed by atoms with van der Waals surface area (Å²) in [4.78, 5) is 44.1. The number of fused-ring (bicyclic) bond motifs is 4. The third kappa shape index (κ3) is 7.34. The van der Waals surface area contributed by atoms with Crippen molar-refractivity contribution in [2.24, 2.45) is 0 Å². The number of carbonyl (C=O) groups is 1. The molecule has 1 aromatic carbocycles. The number of imidazole rings is 1. The molecule has 0 aliphatic carbocycles. The first-order chi connectivity index (χ1) is 26.5. The molecule has 23 nitrogen and oxygen atoms in total. The van der Waals surface area contributed by atoms with Gasteiger partial charge in [0.2, 0.25) is 0 Å². The number of rotatable bonds is 7. The Balaban J connectivity index is 1.06. The van der Waals surface area contributed by atoms with Crippen molar-refractivity contribution < 1.29 is 49.4 Å². The average molecular weight is 803 g/mol. The molecule has 7 heterocycles. The monoisotopic (exact) mass is 802 g/mol. The molecule has 3 N–H and O–H groups in total. The molecule has 8 atom stereocenters. The number of carbonyl (C=O) groups excluding carboxylic acids is 1. The molecule has 0 bridgehead atoms. The second-order valence-corrected chi connectivity index (χ2v) is 15.2. The number of alkyl halides is 1. The number of H-pyrrole nitrogens is 1. The van der Waals surface area contributed by atoms with Gasteiger partial charge in [0, 0.05) is 12.0 Å². The Morgan fingerprint density at radius 1 is 1.11 bits per heavy atom. The number of hydrogen-bond donors (Lipinski definition) is 3. The van der Waals surface area contributed by atoms with Crippen LogP contribution in [0, 0.1) is 11.3 Å². The molecule has 4 aromatic heterocycles.